The molecule has 1 saturated heterocycles. The first-order valence-corrected chi connectivity index (χ1v) is 7.91. The third-order valence-corrected chi connectivity index (χ3v) is 3.87. The number of nitrogens with zero attached hydrogens (tertiary/aromatic N) is 7. The van der Waals surface area contributed by atoms with Gasteiger partial charge in [0.2, 0.25) is 0 Å². The molecule has 22 heavy (non-hydrogen) atoms. The second-order valence-corrected chi connectivity index (χ2v) is 5.63. The van der Waals surface area contributed by atoms with Crippen LogP contribution in [0.4, 0.5) is 0 Å². The predicted octanol–water partition coefficient (Wildman–Crippen LogP) is 0.571. The molecule has 0 aromatic carbocycles. The van der Waals surface area contributed by atoms with Gasteiger partial charge < -0.3 is 4.74 Å². The minimum atomic E-state index is 0.161. The summed E-state index contributed by atoms with van der Waals surface area (Å²) in [7, 11) is 0. The van der Waals surface area contributed by atoms with Gasteiger partial charge in [0.1, 0.15) is 0 Å². The molecule has 3 heterocycles. The zero-order chi connectivity index (χ0) is 15.2. The standard InChI is InChI=1S/C14H23N7O/c1-2-3-7-21-14(16-17-18-21)12-19-8-9-22-13(10-19)11-20-6-4-5-15-20/h4-6,13H,2-3,7-12H2,1H3. The fraction of sp³-hybridized carbons (Fsp3) is 0.714. The lowest BCUT2D eigenvalue weighted by atomic mass is 10.2. The second-order valence-electron chi connectivity index (χ2n) is 5.63. The monoisotopic (exact) mass is 305 g/mol. The van der Waals surface area contributed by atoms with Gasteiger partial charge >= 0.3 is 0 Å². The SMILES string of the molecule is CCCCn1nnnc1CN1CCOC(Cn2cccn2)C1. The van der Waals surface area contributed by atoms with E-state index < -0.39 is 0 Å². The minimum Gasteiger partial charge on any atom is -0.374 e. The molecule has 0 spiro atoms. The van der Waals surface area contributed by atoms with Crippen molar-refractivity contribution in [2.45, 2.75) is 45.5 Å². The Kier molecular flexibility index (Phi) is 5.12. The van der Waals surface area contributed by atoms with Crippen molar-refractivity contribution in [3.63, 3.8) is 0 Å². The molecule has 0 bridgehead atoms. The summed E-state index contributed by atoms with van der Waals surface area (Å²) in [6.45, 7) is 7.14. The Morgan fingerprint density at radius 3 is 3.18 bits per heavy atom. The van der Waals surface area contributed by atoms with E-state index in [1.165, 1.54) is 0 Å². The van der Waals surface area contributed by atoms with E-state index in [0.29, 0.717) is 0 Å². The van der Waals surface area contributed by atoms with Gasteiger partial charge in [-0.05, 0) is 22.9 Å². The quantitative estimate of drug-likeness (QED) is 0.744. The van der Waals surface area contributed by atoms with Gasteiger partial charge in [-0.25, -0.2) is 4.68 Å². The molecule has 8 heteroatoms. The molecular weight excluding hydrogens is 282 g/mol. The fourth-order valence-corrected chi connectivity index (χ4v) is 2.67. The van der Waals surface area contributed by atoms with Gasteiger partial charge in [-0.2, -0.15) is 5.10 Å². The van der Waals surface area contributed by atoms with Crippen LogP contribution < -0.4 is 0 Å². The fourth-order valence-electron chi connectivity index (χ4n) is 2.67. The molecule has 1 fully saturated rings. The lowest BCUT2D eigenvalue weighted by Gasteiger charge is -2.32. The number of morpholine rings is 1. The van der Waals surface area contributed by atoms with Crippen molar-refractivity contribution in [3.8, 4) is 0 Å². The number of tetrazole rings is 1. The molecular formula is C14H23N7O. The van der Waals surface area contributed by atoms with E-state index in [1.807, 2.05) is 21.6 Å². The highest BCUT2D eigenvalue weighted by atomic mass is 16.5. The van der Waals surface area contributed by atoms with E-state index in [1.54, 1.807) is 6.20 Å². The van der Waals surface area contributed by atoms with Crippen LogP contribution >= 0.6 is 0 Å². The predicted molar refractivity (Wildman–Crippen MR) is 80.0 cm³/mol. The molecule has 0 N–H and O–H groups in total. The Hall–Kier alpha value is -1.80. The van der Waals surface area contributed by atoms with Gasteiger partial charge in [0.05, 0.1) is 25.8 Å². The van der Waals surface area contributed by atoms with Gasteiger partial charge in [0.25, 0.3) is 0 Å². The molecule has 1 aliphatic rings. The maximum atomic E-state index is 5.83. The Morgan fingerprint density at radius 1 is 1.41 bits per heavy atom. The van der Waals surface area contributed by atoms with Gasteiger partial charge in [-0.15, -0.1) is 5.10 Å². The molecule has 3 rings (SSSR count). The van der Waals surface area contributed by atoms with Crippen LogP contribution in [0.3, 0.4) is 0 Å². The molecule has 0 aliphatic carbocycles. The summed E-state index contributed by atoms with van der Waals surface area (Å²) >= 11 is 0. The van der Waals surface area contributed by atoms with Gasteiger partial charge in [0, 0.05) is 32.0 Å². The average molecular weight is 305 g/mol. The number of hydrogen-bond acceptors (Lipinski definition) is 6. The van der Waals surface area contributed by atoms with Crippen LogP contribution in [0.1, 0.15) is 25.6 Å². The van der Waals surface area contributed by atoms with Crippen LogP contribution in [0.25, 0.3) is 0 Å². The lowest BCUT2D eigenvalue weighted by Crippen LogP contribution is -2.44. The van der Waals surface area contributed by atoms with Gasteiger partial charge in [-0.1, -0.05) is 13.3 Å². The van der Waals surface area contributed by atoms with E-state index >= 15 is 0 Å². The maximum Gasteiger partial charge on any atom is 0.165 e. The van der Waals surface area contributed by atoms with Crippen molar-refractivity contribution >= 4 is 0 Å². The molecule has 1 atom stereocenters. The van der Waals surface area contributed by atoms with Crippen molar-refractivity contribution in [3.05, 3.63) is 24.3 Å². The number of hydrogen-bond donors (Lipinski definition) is 0. The molecule has 1 unspecified atom stereocenters. The zero-order valence-electron chi connectivity index (χ0n) is 13.0. The van der Waals surface area contributed by atoms with Crippen molar-refractivity contribution in [1.29, 1.82) is 0 Å². The summed E-state index contributed by atoms with van der Waals surface area (Å²) in [6.07, 6.45) is 6.16. The van der Waals surface area contributed by atoms with Crippen LogP contribution in [0.5, 0.6) is 0 Å². The van der Waals surface area contributed by atoms with Crippen molar-refractivity contribution in [2.24, 2.45) is 0 Å². The Labute approximate surface area is 130 Å². The summed E-state index contributed by atoms with van der Waals surface area (Å²) in [6, 6.07) is 1.93. The smallest absolute Gasteiger partial charge is 0.165 e. The van der Waals surface area contributed by atoms with E-state index in [4.69, 9.17) is 4.74 Å². The molecule has 2 aromatic heterocycles. The first-order chi connectivity index (χ1) is 10.8. The van der Waals surface area contributed by atoms with Crippen LogP contribution in [0.2, 0.25) is 0 Å². The summed E-state index contributed by atoms with van der Waals surface area (Å²) in [4.78, 5) is 2.35. The zero-order valence-corrected chi connectivity index (χ0v) is 13.0. The summed E-state index contributed by atoms with van der Waals surface area (Å²) in [5, 5.41) is 16.3. The van der Waals surface area contributed by atoms with Gasteiger partial charge in [0.15, 0.2) is 5.82 Å². The first-order valence-electron chi connectivity index (χ1n) is 7.91. The van der Waals surface area contributed by atoms with E-state index in [0.717, 1.165) is 58.0 Å². The highest BCUT2D eigenvalue weighted by Crippen LogP contribution is 2.10. The van der Waals surface area contributed by atoms with Crippen LogP contribution in [-0.2, 0) is 24.4 Å². The lowest BCUT2D eigenvalue weighted by molar-refractivity contribution is -0.0412. The maximum absolute atomic E-state index is 5.83. The van der Waals surface area contributed by atoms with E-state index in [9.17, 15) is 0 Å². The normalized spacial score (nSPS) is 19.6. The molecule has 0 amide bonds. The van der Waals surface area contributed by atoms with Crippen molar-refractivity contribution < 1.29 is 4.74 Å². The molecule has 2 aromatic rings. The Bertz CT molecular complexity index is 553. The summed E-state index contributed by atoms with van der Waals surface area (Å²) in [5.74, 6) is 0.938. The largest absolute Gasteiger partial charge is 0.374 e. The molecule has 120 valence electrons. The Balaban J connectivity index is 1.55. The summed E-state index contributed by atoms with van der Waals surface area (Å²) in [5.41, 5.74) is 0. The molecule has 0 saturated carbocycles. The van der Waals surface area contributed by atoms with Gasteiger partial charge in [-0.3, -0.25) is 9.58 Å². The molecule has 1 aliphatic heterocycles. The highest BCUT2D eigenvalue weighted by molar-refractivity contribution is 4.84. The molecule has 8 nitrogen and oxygen atoms in total. The second kappa shape index (κ2) is 7.46. The number of unbranched alkanes of at least 4 members (excludes halogenated alkanes) is 1. The van der Waals surface area contributed by atoms with Crippen LogP contribution in [0, 0.1) is 0 Å². The van der Waals surface area contributed by atoms with Crippen LogP contribution in [-0.4, -0.2) is 60.7 Å². The minimum absolute atomic E-state index is 0.161. The number of aryl methyl sites for hydroxylation is 1. The number of rotatable bonds is 7. The topological polar surface area (TPSA) is 73.9 Å². The third kappa shape index (κ3) is 3.89. The van der Waals surface area contributed by atoms with Crippen molar-refractivity contribution in [1.82, 2.24) is 34.9 Å². The highest BCUT2D eigenvalue weighted by Gasteiger charge is 2.22. The first kappa shape index (κ1) is 15.1. The summed E-state index contributed by atoms with van der Waals surface area (Å²) < 4.78 is 9.67. The van der Waals surface area contributed by atoms with E-state index in [-0.39, 0.29) is 6.10 Å². The van der Waals surface area contributed by atoms with E-state index in [2.05, 4.69) is 32.4 Å². The van der Waals surface area contributed by atoms with Crippen LogP contribution in [0.15, 0.2) is 18.5 Å². The molecule has 0 radical (unpaired) electrons. The van der Waals surface area contributed by atoms with Crippen molar-refractivity contribution in [2.75, 3.05) is 19.7 Å². The average Bonchev–Trinajstić information content (AvgIpc) is 3.18. The Morgan fingerprint density at radius 2 is 2.36 bits per heavy atom. The number of aromatic nitrogens is 6. The third-order valence-electron chi connectivity index (χ3n) is 3.87. The number of ether oxygens (including phenoxy) is 1.